The summed E-state index contributed by atoms with van der Waals surface area (Å²) in [7, 11) is 0. The lowest BCUT2D eigenvalue weighted by molar-refractivity contribution is -0.139. The predicted octanol–water partition coefficient (Wildman–Crippen LogP) is 7.61. The fourth-order valence-electron chi connectivity index (χ4n) is 3.67. The van der Waals surface area contributed by atoms with E-state index in [0.29, 0.717) is 18.1 Å². The number of carboxylic acid groups (broad SMARTS) is 1. The molecule has 4 aromatic rings. The molecule has 1 N–H and O–H groups in total. The maximum Gasteiger partial charge on any atom is 0.341 e. The number of ether oxygens (including phenoxy) is 2. The Balaban J connectivity index is 1.54. The smallest absolute Gasteiger partial charge is 0.341 e. The van der Waals surface area contributed by atoms with Gasteiger partial charge in [-0.15, -0.1) is 11.3 Å². The largest absolute Gasteiger partial charge is 0.489 e. The van der Waals surface area contributed by atoms with Gasteiger partial charge >= 0.3 is 5.97 Å². The van der Waals surface area contributed by atoms with E-state index in [2.05, 4.69) is 96.3 Å². The summed E-state index contributed by atoms with van der Waals surface area (Å²) in [6.45, 7) is 4.02. The van der Waals surface area contributed by atoms with Gasteiger partial charge in [0.05, 0.1) is 0 Å². The van der Waals surface area contributed by atoms with E-state index in [1.54, 1.807) is 23.5 Å². The lowest BCUT2D eigenvalue weighted by atomic mass is 9.96. The Morgan fingerprint density at radius 1 is 0.914 bits per heavy atom. The molecule has 0 saturated heterocycles. The number of thiophene rings is 1. The third-order valence-electron chi connectivity index (χ3n) is 5.41. The van der Waals surface area contributed by atoms with Crippen molar-refractivity contribution in [3.63, 3.8) is 0 Å². The molecule has 0 aliphatic rings. The average molecular weight is 596 g/mol. The molecule has 1 heterocycles. The molecule has 6 heteroatoms. The van der Waals surface area contributed by atoms with E-state index < -0.39 is 5.97 Å². The highest BCUT2D eigenvalue weighted by atomic mass is 127. The highest BCUT2D eigenvalue weighted by Gasteiger charge is 2.09. The normalized spacial score (nSPS) is 11.3. The summed E-state index contributed by atoms with van der Waals surface area (Å²) in [5, 5.41) is 8.81. The average Bonchev–Trinajstić information content (AvgIpc) is 3.28. The van der Waals surface area contributed by atoms with Crippen molar-refractivity contribution >= 4 is 45.5 Å². The highest BCUT2D eigenvalue weighted by molar-refractivity contribution is 14.1. The SMILES string of the molecule is Cc1ccc(-c2ccc(C(=CCOc3ccc(OCC(=O)O)c(C)c3)c3ccc(I)cc3)cc2)s1. The number of hydrogen-bond acceptors (Lipinski definition) is 4. The molecule has 0 aliphatic heterocycles. The molecule has 1 aromatic heterocycles. The van der Waals surface area contributed by atoms with E-state index in [0.717, 1.165) is 22.3 Å². The molecule has 0 atom stereocenters. The van der Waals surface area contributed by atoms with Crippen molar-refractivity contribution in [2.24, 2.45) is 0 Å². The predicted molar refractivity (Wildman–Crippen MR) is 151 cm³/mol. The van der Waals surface area contributed by atoms with Gasteiger partial charge in [-0.2, -0.15) is 0 Å². The maximum absolute atomic E-state index is 10.7. The van der Waals surface area contributed by atoms with Crippen molar-refractivity contribution in [1.82, 2.24) is 0 Å². The molecule has 4 nitrogen and oxygen atoms in total. The molecule has 0 radical (unpaired) electrons. The van der Waals surface area contributed by atoms with Gasteiger partial charge in [0.2, 0.25) is 0 Å². The minimum absolute atomic E-state index is 0.367. The van der Waals surface area contributed by atoms with Crippen LogP contribution in [0.4, 0.5) is 0 Å². The molecule has 0 fully saturated rings. The van der Waals surface area contributed by atoms with E-state index in [9.17, 15) is 4.79 Å². The van der Waals surface area contributed by atoms with Crippen LogP contribution in [0.15, 0.2) is 84.9 Å². The zero-order valence-corrected chi connectivity index (χ0v) is 22.4. The molecule has 4 rings (SSSR count). The van der Waals surface area contributed by atoms with Gasteiger partial charge in [-0.1, -0.05) is 36.4 Å². The van der Waals surface area contributed by atoms with Crippen LogP contribution in [-0.4, -0.2) is 24.3 Å². The topological polar surface area (TPSA) is 55.8 Å². The minimum atomic E-state index is -1.00. The minimum Gasteiger partial charge on any atom is -0.489 e. The fourth-order valence-corrected chi connectivity index (χ4v) is 4.90. The first-order chi connectivity index (χ1) is 16.9. The zero-order chi connectivity index (χ0) is 24.8. The van der Waals surface area contributed by atoms with Gasteiger partial charge in [-0.05, 0) is 113 Å². The second kappa shape index (κ2) is 11.6. The van der Waals surface area contributed by atoms with Crippen molar-refractivity contribution in [3.05, 3.63) is 110 Å². The lowest BCUT2D eigenvalue weighted by Crippen LogP contribution is -2.10. The number of aliphatic carboxylic acids is 1. The first-order valence-electron chi connectivity index (χ1n) is 11.1. The van der Waals surface area contributed by atoms with Crippen LogP contribution in [0.5, 0.6) is 11.5 Å². The summed E-state index contributed by atoms with van der Waals surface area (Å²) < 4.78 is 12.5. The van der Waals surface area contributed by atoms with Gasteiger partial charge < -0.3 is 14.6 Å². The Bertz CT molecular complexity index is 1340. The summed E-state index contributed by atoms with van der Waals surface area (Å²) in [5.74, 6) is 0.235. The van der Waals surface area contributed by atoms with Crippen molar-refractivity contribution in [1.29, 1.82) is 0 Å². The molecule has 35 heavy (non-hydrogen) atoms. The molecule has 0 bridgehead atoms. The Hall–Kier alpha value is -3.10. The van der Waals surface area contributed by atoms with Crippen LogP contribution in [0.3, 0.4) is 0 Å². The number of carbonyl (C=O) groups is 1. The van der Waals surface area contributed by atoms with Crippen LogP contribution in [0.25, 0.3) is 16.0 Å². The molecule has 178 valence electrons. The van der Waals surface area contributed by atoms with Crippen molar-refractivity contribution in [2.45, 2.75) is 13.8 Å². The number of hydrogen-bond donors (Lipinski definition) is 1. The Labute approximate surface area is 223 Å². The summed E-state index contributed by atoms with van der Waals surface area (Å²) >= 11 is 4.11. The third kappa shape index (κ3) is 6.74. The monoisotopic (exact) mass is 596 g/mol. The van der Waals surface area contributed by atoms with E-state index in [4.69, 9.17) is 14.6 Å². The van der Waals surface area contributed by atoms with Gasteiger partial charge in [0.15, 0.2) is 6.61 Å². The molecular formula is C29H25IO4S. The molecule has 0 spiro atoms. The van der Waals surface area contributed by atoms with E-state index in [-0.39, 0.29) is 6.61 Å². The van der Waals surface area contributed by atoms with Gasteiger partial charge in [0, 0.05) is 13.3 Å². The molecule has 3 aromatic carbocycles. The second-order valence-corrected chi connectivity index (χ2v) is 10.6. The van der Waals surface area contributed by atoms with Crippen LogP contribution >= 0.6 is 33.9 Å². The molecular weight excluding hydrogens is 571 g/mol. The van der Waals surface area contributed by atoms with Crippen LogP contribution < -0.4 is 9.47 Å². The van der Waals surface area contributed by atoms with Crippen molar-refractivity contribution in [2.75, 3.05) is 13.2 Å². The molecule has 0 unspecified atom stereocenters. The first-order valence-corrected chi connectivity index (χ1v) is 13.0. The van der Waals surface area contributed by atoms with Gasteiger partial charge in [0.1, 0.15) is 18.1 Å². The van der Waals surface area contributed by atoms with E-state index in [1.165, 1.54) is 18.9 Å². The van der Waals surface area contributed by atoms with Gasteiger partial charge in [0.25, 0.3) is 0 Å². The third-order valence-corrected chi connectivity index (χ3v) is 7.18. The summed E-state index contributed by atoms with van der Waals surface area (Å²) in [6.07, 6.45) is 2.09. The summed E-state index contributed by atoms with van der Waals surface area (Å²) in [6, 6.07) is 26.8. The van der Waals surface area contributed by atoms with Crippen molar-refractivity contribution < 1.29 is 19.4 Å². The van der Waals surface area contributed by atoms with Crippen molar-refractivity contribution in [3.8, 4) is 21.9 Å². The van der Waals surface area contributed by atoms with E-state index >= 15 is 0 Å². The van der Waals surface area contributed by atoms with Crippen LogP contribution in [0.1, 0.15) is 21.6 Å². The maximum atomic E-state index is 10.7. The molecule has 0 saturated carbocycles. The zero-order valence-electron chi connectivity index (χ0n) is 19.5. The van der Waals surface area contributed by atoms with E-state index in [1.807, 2.05) is 13.0 Å². The number of aryl methyl sites for hydroxylation is 2. The Morgan fingerprint density at radius 2 is 1.60 bits per heavy atom. The lowest BCUT2D eigenvalue weighted by Gasteiger charge is -2.12. The summed E-state index contributed by atoms with van der Waals surface area (Å²) in [5.41, 5.74) is 5.40. The van der Waals surface area contributed by atoms with Crippen LogP contribution in [0.2, 0.25) is 0 Å². The quantitative estimate of drug-likeness (QED) is 0.202. The molecule has 0 amide bonds. The Kier molecular flexibility index (Phi) is 8.25. The number of benzene rings is 3. The Morgan fingerprint density at radius 3 is 2.20 bits per heavy atom. The first kappa shape index (κ1) is 25.0. The second-order valence-electron chi connectivity index (χ2n) is 8.03. The summed E-state index contributed by atoms with van der Waals surface area (Å²) in [4.78, 5) is 13.3. The number of carboxylic acids is 1. The molecule has 0 aliphatic carbocycles. The van der Waals surface area contributed by atoms with Gasteiger partial charge in [-0.3, -0.25) is 0 Å². The van der Waals surface area contributed by atoms with Crippen LogP contribution in [0, 0.1) is 17.4 Å². The van der Waals surface area contributed by atoms with Crippen LogP contribution in [-0.2, 0) is 4.79 Å². The fraction of sp³-hybridized carbons (Fsp3) is 0.138. The standard InChI is InChI=1S/C29H25IO4S/c1-19-17-25(12-13-27(19)34-18-29(31)32)33-16-15-26(22-8-10-24(30)11-9-22)21-4-6-23(7-5-21)28-14-3-20(2)35-28/h3-15,17H,16,18H2,1-2H3,(H,31,32). The number of rotatable bonds is 9. The number of halogens is 1. The van der Waals surface area contributed by atoms with Gasteiger partial charge in [-0.25, -0.2) is 4.79 Å². The highest BCUT2D eigenvalue weighted by Crippen LogP contribution is 2.31.